The van der Waals surface area contributed by atoms with Crippen LogP contribution in [0.4, 0.5) is 17.3 Å². The Bertz CT molecular complexity index is 653. The number of aromatic nitrogens is 2. The predicted molar refractivity (Wildman–Crippen MR) is 72.4 cm³/mol. The number of nitrogen functional groups attached to an aromatic ring is 1. The molecule has 0 radical (unpaired) electrons. The SMILES string of the molecule is COc1c(N)ncnc1Nc1cc(Cl)ccc1C#N. The molecule has 96 valence electrons. The van der Waals surface area contributed by atoms with Crippen LogP contribution in [-0.2, 0) is 0 Å². The molecule has 2 rings (SSSR count). The first kappa shape index (κ1) is 12.9. The van der Waals surface area contributed by atoms with Crippen LogP contribution in [0.5, 0.6) is 5.75 Å². The maximum Gasteiger partial charge on any atom is 0.204 e. The maximum atomic E-state index is 9.05. The number of nitrogens with two attached hydrogens (primary N) is 1. The Hall–Kier alpha value is -2.52. The highest BCUT2D eigenvalue weighted by molar-refractivity contribution is 6.30. The highest BCUT2D eigenvalue weighted by Gasteiger charge is 2.11. The number of hydrogen-bond acceptors (Lipinski definition) is 6. The average molecular weight is 276 g/mol. The smallest absolute Gasteiger partial charge is 0.204 e. The van der Waals surface area contributed by atoms with Gasteiger partial charge in [0.15, 0.2) is 11.6 Å². The molecule has 0 aliphatic carbocycles. The summed E-state index contributed by atoms with van der Waals surface area (Å²) in [5.41, 5.74) is 6.63. The topological polar surface area (TPSA) is 96.8 Å². The summed E-state index contributed by atoms with van der Waals surface area (Å²) in [6.07, 6.45) is 1.30. The summed E-state index contributed by atoms with van der Waals surface area (Å²) in [5, 5.41) is 12.5. The summed E-state index contributed by atoms with van der Waals surface area (Å²) in [4.78, 5) is 7.85. The molecule has 3 N–H and O–H groups in total. The first-order chi connectivity index (χ1) is 9.15. The number of rotatable bonds is 3. The molecule has 0 atom stereocenters. The van der Waals surface area contributed by atoms with Gasteiger partial charge >= 0.3 is 0 Å². The van der Waals surface area contributed by atoms with E-state index in [0.717, 1.165) is 0 Å². The van der Waals surface area contributed by atoms with Crippen LogP contribution in [-0.4, -0.2) is 17.1 Å². The fourth-order valence-electron chi connectivity index (χ4n) is 1.52. The fraction of sp³-hybridized carbons (Fsp3) is 0.0833. The number of anilines is 3. The second-order valence-electron chi connectivity index (χ2n) is 3.57. The molecule has 0 saturated heterocycles. The zero-order valence-corrected chi connectivity index (χ0v) is 10.8. The Morgan fingerprint density at radius 2 is 2.21 bits per heavy atom. The summed E-state index contributed by atoms with van der Waals surface area (Å²) < 4.78 is 5.12. The molecule has 0 saturated carbocycles. The van der Waals surface area contributed by atoms with Gasteiger partial charge in [0.2, 0.25) is 5.75 Å². The Balaban J connectivity index is 2.45. The molecule has 0 amide bonds. The third-order valence-corrected chi connectivity index (χ3v) is 2.63. The molecule has 0 bridgehead atoms. The van der Waals surface area contributed by atoms with E-state index in [0.29, 0.717) is 27.8 Å². The minimum Gasteiger partial charge on any atom is -0.490 e. The Morgan fingerprint density at radius 1 is 1.42 bits per heavy atom. The lowest BCUT2D eigenvalue weighted by molar-refractivity contribution is 0.415. The van der Waals surface area contributed by atoms with Crippen molar-refractivity contribution >= 4 is 28.9 Å². The van der Waals surface area contributed by atoms with Crippen molar-refractivity contribution in [2.75, 3.05) is 18.2 Å². The minimum absolute atomic E-state index is 0.209. The van der Waals surface area contributed by atoms with Crippen molar-refractivity contribution in [3.63, 3.8) is 0 Å². The van der Waals surface area contributed by atoms with E-state index in [1.54, 1.807) is 18.2 Å². The average Bonchev–Trinajstić information content (AvgIpc) is 2.39. The van der Waals surface area contributed by atoms with Gasteiger partial charge in [-0.05, 0) is 18.2 Å². The third-order valence-electron chi connectivity index (χ3n) is 2.39. The second-order valence-corrected chi connectivity index (χ2v) is 4.00. The van der Waals surface area contributed by atoms with E-state index in [1.807, 2.05) is 0 Å². The van der Waals surface area contributed by atoms with Crippen molar-refractivity contribution in [1.82, 2.24) is 9.97 Å². The Kier molecular flexibility index (Phi) is 3.68. The predicted octanol–water partition coefficient (Wildman–Crippen LogP) is 2.34. The quantitative estimate of drug-likeness (QED) is 0.892. The van der Waals surface area contributed by atoms with Gasteiger partial charge in [0.25, 0.3) is 0 Å². The standard InChI is InChI=1S/C12H10ClN5O/c1-19-10-11(15)16-6-17-12(10)18-9-4-8(13)3-2-7(9)5-14/h2-4,6H,1H3,(H3,15,16,17,18). The van der Waals surface area contributed by atoms with Gasteiger partial charge in [-0.2, -0.15) is 5.26 Å². The number of halogens is 1. The van der Waals surface area contributed by atoms with Gasteiger partial charge in [0.05, 0.1) is 18.4 Å². The zero-order chi connectivity index (χ0) is 13.8. The molecule has 0 spiro atoms. The van der Waals surface area contributed by atoms with Crippen LogP contribution >= 0.6 is 11.6 Å². The lowest BCUT2D eigenvalue weighted by Crippen LogP contribution is -2.03. The highest BCUT2D eigenvalue weighted by Crippen LogP contribution is 2.31. The molecule has 0 aliphatic rings. The van der Waals surface area contributed by atoms with Crippen LogP contribution in [0, 0.1) is 11.3 Å². The molecule has 1 heterocycles. The number of benzene rings is 1. The van der Waals surface area contributed by atoms with E-state index in [9.17, 15) is 0 Å². The van der Waals surface area contributed by atoms with Crippen molar-refractivity contribution in [2.45, 2.75) is 0 Å². The Morgan fingerprint density at radius 3 is 2.89 bits per heavy atom. The lowest BCUT2D eigenvalue weighted by Gasteiger charge is -2.12. The van der Waals surface area contributed by atoms with Crippen LogP contribution in [0.2, 0.25) is 5.02 Å². The van der Waals surface area contributed by atoms with E-state index in [4.69, 9.17) is 27.3 Å². The van der Waals surface area contributed by atoms with E-state index >= 15 is 0 Å². The maximum absolute atomic E-state index is 9.05. The monoisotopic (exact) mass is 275 g/mol. The van der Waals surface area contributed by atoms with Crippen molar-refractivity contribution < 1.29 is 4.74 Å². The van der Waals surface area contributed by atoms with Crippen LogP contribution in [0.3, 0.4) is 0 Å². The van der Waals surface area contributed by atoms with Crippen molar-refractivity contribution in [2.24, 2.45) is 0 Å². The van der Waals surface area contributed by atoms with E-state index < -0.39 is 0 Å². The molecule has 0 unspecified atom stereocenters. The van der Waals surface area contributed by atoms with Crippen LogP contribution in [0.25, 0.3) is 0 Å². The Labute approximate surface area is 114 Å². The van der Waals surface area contributed by atoms with Gasteiger partial charge in [-0.25, -0.2) is 9.97 Å². The molecular formula is C12H10ClN5O. The summed E-state index contributed by atoms with van der Waals surface area (Å²) in [6.45, 7) is 0. The van der Waals surface area contributed by atoms with Crippen molar-refractivity contribution in [3.05, 3.63) is 35.1 Å². The molecular weight excluding hydrogens is 266 g/mol. The van der Waals surface area contributed by atoms with Crippen LogP contribution < -0.4 is 15.8 Å². The number of nitrogens with one attached hydrogen (secondary N) is 1. The summed E-state index contributed by atoms with van der Waals surface area (Å²) >= 11 is 5.91. The van der Waals surface area contributed by atoms with Crippen LogP contribution in [0.15, 0.2) is 24.5 Å². The van der Waals surface area contributed by atoms with Gasteiger partial charge < -0.3 is 15.8 Å². The van der Waals surface area contributed by atoms with Gasteiger partial charge in [0.1, 0.15) is 12.4 Å². The largest absolute Gasteiger partial charge is 0.490 e. The second kappa shape index (κ2) is 5.42. The minimum atomic E-state index is 0.209. The zero-order valence-electron chi connectivity index (χ0n) is 10.0. The van der Waals surface area contributed by atoms with E-state index in [1.165, 1.54) is 13.4 Å². The molecule has 7 heteroatoms. The van der Waals surface area contributed by atoms with Gasteiger partial charge in [-0.3, -0.25) is 0 Å². The molecule has 19 heavy (non-hydrogen) atoms. The van der Waals surface area contributed by atoms with Gasteiger partial charge in [0, 0.05) is 5.02 Å². The van der Waals surface area contributed by atoms with Gasteiger partial charge in [-0.1, -0.05) is 11.6 Å². The highest BCUT2D eigenvalue weighted by atomic mass is 35.5. The molecule has 6 nitrogen and oxygen atoms in total. The summed E-state index contributed by atoms with van der Waals surface area (Å²) in [5.74, 6) is 0.890. The lowest BCUT2D eigenvalue weighted by atomic mass is 10.2. The van der Waals surface area contributed by atoms with Crippen molar-refractivity contribution in [1.29, 1.82) is 5.26 Å². The van der Waals surface area contributed by atoms with E-state index in [2.05, 4.69) is 21.4 Å². The van der Waals surface area contributed by atoms with Crippen LogP contribution in [0.1, 0.15) is 5.56 Å². The number of methoxy groups -OCH3 is 1. The van der Waals surface area contributed by atoms with E-state index in [-0.39, 0.29) is 5.82 Å². The first-order valence-electron chi connectivity index (χ1n) is 5.27. The number of nitriles is 1. The summed E-state index contributed by atoms with van der Waals surface area (Å²) in [6, 6.07) is 6.93. The fourth-order valence-corrected chi connectivity index (χ4v) is 1.69. The third kappa shape index (κ3) is 2.67. The summed E-state index contributed by atoms with van der Waals surface area (Å²) in [7, 11) is 1.46. The van der Waals surface area contributed by atoms with Crippen molar-refractivity contribution in [3.8, 4) is 11.8 Å². The normalized spacial score (nSPS) is 9.74. The molecule has 0 fully saturated rings. The molecule has 2 aromatic rings. The molecule has 1 aromatic carbocycles. The molecule has 0 aliphatic heterocycles. The van der Waals surface area contributed by atoms with Gasteiger partial charge in [-0.15, -0.1) is 0 Å². The number of hydrogen-bond donors (Lipinski definition) is 2. The molecule has 1 aromatic heterocycles. The number of nitrogens with zero attached hydrogens (tertiary/aromatic N) is 3. The number of ether oxygens (including phenoxy) is 1. The first-order valence-corrected chi connectivity index (χ1v) is 5.64.